The van der Waals surface area contributed by atoms with E-state index >= 15 is 0 Å². The van der Waals surface area contributed by atoms with Crippen LogP contribution in [0.15, 0.2) is 24.3 Å². The molecule has 9 atom stereocenters. The summed E-state index contributed by atoms with van der Waals surface area (Å²) in [7, 11) is 1.52. The van der Waals surface area contributed by atoms with E-state index in [1.807, 2.05) is 52.8 Å². The molecule has 0 radical (unpaired) electrons. The van der Waals surface area contributed by atoms with Crippen molar-refractivity contribution in [3.05, 3.63) is 24.3 Å². The second-order valence-electron chi connectivity index (χ2n) is 14.0. The summed E-state index contributed by atoms with van der Waals surface area (Å²) in [5.74, 6) is -1.72. The maximum Gasteiger partial charge on any atom is 0.339 e. The molecule has 11 heteroatoms. The van der Waals surface area contributed by atoms with E-state index in [-0.39, 0.29) is 40.0 Å². The van der Waals surface area contributed by atoms with Crippen molar-refractivity contribution in [2.24, 2.45) is 11.8 Å². The molecule has 0 heterocycles. The summed E-state index contributed by atoms with van der Waals surface area (Å²) in [5.41, 5.74) is -2.62. The smallest absolute Gasteiger partial charge is 0.339 e. The zero-order valence-electron chi connectivity index (χ0n) is 32.3. The van der Waals surface area contributed by atoms with Crippen molar-refractivity contribution in [1.29, 1.82) is 0 Å². The van der Waals surface area contributed by atoms with Crippen molar-refractivity contribution in [2.45, 2.75) is 185 Å². The van der Waals surface area contributed by atoms with Crippen LogP contribution in [0.25, 0.3) is 0 Å². The van der Waals surface area contributed by atoms with Gasteiger partial charge in [0.05, 0.1) is 18.3 Å². The van der Waals surface area contributed by atoms with E-state index in [0.29, 0.717) is 44.9 Å². The normalized spacial score (nSPS) is 23.6. The van der Waals surface area contributed by atoms with Gasteiger partial charge in [-0.3, -0.25) is 9.59 Å². The van der Waals surface area contributed by atoms with Crippen LogP contribution < -0.4 is 0 Å². The first-order chi connectivity index (χ1) is 23.5. The predicted molar refractivity (Wildman–Crippen MR) is 204 cm³/mol. The van der Waals surface area contributed by atoms with Crippen molar-refractivity contribution >= 4 is 40.3 Å². The van der Waals surface area contributed by atoms with E-state index in [9.17, 15) is 24.6 Å². The zero-order chi connectivity index (χ0) is 38.1. The number of aliphatic hydroxyl groups excluding tert-OH is 2. The molecular formula is C39H67IO10. The van der Waals surface area contributed by atoms with Crippen LogP contribution in [0.3, 0.4) is 0 Å². The van der Waals surface area contributed by atoms with Gasteiger partial charge in [-0.15, -0.1) is 0 Å². The van der Waals surface area contributed by atoms with E-state index < -0.39 is 47.9 Å². The lowest BCUT2D eigenvalue weighted by Crippen LogP contribution is -2.55. The standard InChI is InChI=1S/C39H67IO10/c1-11-14-17-20-30(41)23-24-31-32(21-18-15-16-19-22-35(43)47-26(4)5)34(25-33(31)42)48-37(45)38(9,28(7)40)49-27(6)36(44)39(12-2,13-3)50-29(8)46-10/h15,18,23-24,26-34,41-42H,11-14,16-17,19-22,25H2,1-10H3/b18-15-,24-23+/t27?,28?,29?,30-,31+,32+,33+,34-,38?/m0/s1. The summed E-state index contributed by atoms with van der Waals surface area (Å²) in [6, 6.07) is 0. The number of carbonyl (C=O) groups excluding carboxylic acids is 3. The van der Waals surface area contributed by atoms with Gasteiger partial charge in [0.15, 0.2) is 17.7 Å². The number of carbonyl (C=O) groups is 3. The molecule has 1 aliphatic carbocycles. The van der Waals surface area contributed by atoms with Gasteiger partial charge >= 0.3 is 11.9 Å². The third kappa shape index (κ3) is 14.6. The first-order valence-electron chi connectivity index (χ1n) is 18.7. The quantitative estimate of drug-likeness (QED) is 0.0237. The van der Waals surface area contributed by atoms with E-state index in [1.54, 1.807) is 26.8 Å². The molecule has 1 rings (SSSR count). The topological polar surface area (TPSA) is 138 Å². The second kappa shape index (κ2) is 23.3. The molecule has 0 bridgehead atoms. The Kier molecular flexibility index (Phi) is 21.8. The van der Waals surface area contributed by atoms with Gasteiger partial charge in [-0.2, -0.15) is 0 Å². The summed E-state index contributed by atoms with van der Waals surface area (Å²) >= 11 is 2.12. The summed E-state index contributed by atoms with van der Waals surface area (Å²) in [4.78, 5) is 39.8. The maximum atomic E-state index is 14.0. The van der Waals surface area contributed by atoms with Crippen molar-refractivity contribution in [2.75, 3.05) is 7.11 Å². The van der Waals surface area contributed by atoms with Gasteiger partial charge in [0.25, 0.3) is 0 Å². The molecule has 0 aliphatic heterocycles. The lowest BCUT2D eigenvalue weighted by Gasteiger charge is -2.38. The van der Waals surface area contributed by atoms with E-state index in [2.05, 4.69) is 29.5 Å². The highest BCUT2D eigenvalue weighted by Crippen LogP contribution is 2.40. The number of aliphatic hydroxyl groups is 2. The largest absolute Gasteiger partial charge is 0.463 e. The zero-order valence-corrected chi connectivity index (χ0v) is 34.5. The predicted octanol–water partition coefficient (Wildman–Crippen LogP) is 7.59. The summed E-state index contributed by atoms with van der Waals surface area (Å²) in [6.45, 7) is 16.4. The molecule has 1 saturated carbocycles. The Morgan fingerprint density at radius 2 is 1.64 bits per heavy atom. The fraction of sp³-hybridized carbons (Fsp3) is 0.821. The van der Waals surface area contributed by atoms with E-state index in [4.69, 9.17) is 23.7 Å². The fourth-order valence-corrected chi connectivity index (χ4v) is 6.77. The Balaban J connectivity index is 3.22. The molecule has 1 aliphatic rings. The minimum absolute atomic E-state index is 0.146. The third-order valence-electron chi connectivity index (χ3n) is 9.77. The van der Waals surface area contributed by atoms with Gasteiger partial charge < -0.3 is 33.9 Å². The number of ether oxygens (including phenoxy) is 5. The van der Waals surface area contributed by atoms with Crippen LogP contribution in [0, 0.1) is 11.8 Å². The Hall–Kier alpha value is -1.38. The van der Waals surface area contributed by atoms with Crippen molar-refractivity contribution in [1.82, 2.24) is 0 Å². The first-order valence-corrected chi connectivity index (χ1v) is 19.9. The molecule has 0 aromatic carbocycles. The second-order valence-corrected chi connectivity index (χ2v) is 15.9. The van der Waals surface area contributed by atoms with Crippen LogP contribution in [0.5, 0.6) is 0 Å². The van der Waals surface area contributed by atoms with Crippen LogP contribution in [-0.4, -0.2) is 87.0 Å². The number of unbranched alkanes of at least 4 members (excludes halogenated alkanes) is 3. The molecule has 0 spiro atoms. The SMILES string of the molecule is CCCCC[C@H](O)/C=C/[C@@H]1[C@@H](C/C=C\CCCC(=O)OC(C)C)[C@@H](OC(=O)C(C)(OC(C)C(=O)C(CC)(CC)OC(C)OC)C(C)I)C[C@H]1O. The van der Waals surface area contributed by atoms with Gasteiger partial charge in [-0.1, -0.05) is 93.9 Å². The van der Waals surface area contributed by atoms with E-state index in [1.165, 1.54) is 7.11 Å². The highest BCUT2D eigenvalue weighted by molar-refractivity contribution is 14.1. The number of allylic oxidation sites excluding steroid dienone is 2. The number of methoxy groups -OCH3 is 1. The average Bonchev–Trinajstić information content (AvgIpc) is 3.35. The molecule has 0 saturated heterocycles. The molecule has 290 valence electrons. The molecular weight excluding hydrogens is 755 g/mol. The number of alkyl halides is 1. The molecule has 1 fully saturated rings. The third-order valence-corrected chi connectivity index (χ3v) is 11.0. The molecule has 0 aromatic rings. The number of hydrogen-bond acceptors (Lipinski definition) is 10. The summed E-state index contributed by atoms with van der Waals surface area (Å²) < 4.78 is 28.7. The number of esters is 2. The highest BCUT2D eigenvalue weighted by Gasteiger charge is 2.50. The first kappa shape index (κ1) is 46.6. The lowest BCUT2D eigenvalue weighted by molar-refractivity contribution is -0.210. The van der Waals surface area contributed by atoms with Crippen LogP contribution in [-0.2, 0) is 38.1 Å². The van der Waals surface area contributed by atoms with E-state index in [0.717, 1.165) is 19.3 Å². The summed E-state index contributed by atoms with van der Waals surface area (Å²) in [5, 5.41) is 21.8. The molecule has 2 N–H and O–H groups in total. The molecule has 4 unspecified atom stereocenters. The number of Topliss-reactive ketones (excluding diaryl/α,β-unsaturated/α-hetero) is 1. The Labute approximate surface area is 315 Å². The molecule has 0 amide bonds. The minimum Gasteiger partial charge on any atom is -0.463 e. The number of ketones is 1. The van der Waals surface area contributed by atoms with Gasteiger partial charge in [0, 0.05) is 35.7 Å². The van der Waals surface area contributed by atoms with Gasteiger partial charge in [0.1, 0.15) is 17.8 Å². The van der Waals surface area contributed by atoms with Crippen LogP contribution in [0.4, 0.5) is 0 Å². The van der Waals surface area contributed by atoms with Crippen molar-refractivity contribution in [3.8, 4) is 0 Å². The van der Waals surface area contributed by atoms with Crippen LogP contribution in [0.1, 0.15) is 133 Å². The van der Waals surface area contributed by atoms with Crippen LogP contribution >= 0.6 is 22.6 Å². The Bertz CT molecular complexity index is 1070. The molecule has 50 heavy (non-hydrogen) atoms. The number of hydrogen-bond donors (Lipinski definition) is 2. The van der Waals surface area contributed by atoms with Crippen molar-refractivity contribution in [3.63, 3.8) is 0 Å². The maximum absolute atomic E-state index is 14.0. The molecule has 0 aromatic heterocycles. The van der Waals surface area contributed by atoms with Gasteiger partial charge in [-0.05, 0) is 73.1 Å². The Morgan fingerprint density at radius 1 is 0.980 bits per heavy atom. The minimum atomic E-state index is -1.48. The van der Waals surface area contributed by atoms with Gasteiger partial charge in [-0.25, -0.2) is 4.79 Å². The van der Waals surface area contributed by atoms with Crippen molar-refractivity contribution < 1.29 is 48.3 Å². The number of halogens is 1. The molecule has 10 nitrogen and oxygen atoms in total. The fourth-order valence-electron chi connectivity index (χ4n) is 6.37. The lowest BCUT2D eigenvalue weighted by atomic mass is 9.88. The average molecular weight is 823 g/mol. The summed E-state index contributed by atoms with van der Waals surface area (Å²) in [6.07, 6.45) is 10.7. The van der Waals surface area contributed by atoms with Crippen LogP contribution in [0.2, 0.25) is 0 Å². The highest BCUT2D eigenvalue weighted by atomic mass is 127. The Morgan fingerprint density at radius 3 is 2.20 bits per heavy atom. The monoisotopic (exact) mass is 822 g/mol. The number of rotatable bonds is 25. The van der Waals surface area contributed by atoms with Gasteiger partial charge in [0.2, 0.25) is 0 Å².